The lowest BCUT2D eigenvalue weighted by molar-refractivity contribution is 0.661. The number of nitrogens with zero attached hydrogens (tertiary/aromatic N) is 1. The molecule has 0 saturated heterocycles. The highest BCUT2D eigenvalue weighted by atomic mass is 14.9. The Morgan fingerprint density at radius 3 is 1.27 bits per heavy atom. The summed E-state index contributed by atoms with van der Waals surface area (Å²) < 4.78 is 0. The van der Waals surface area contributed by atoms with E-state index < -0.39 is 0 Å². The zero-order valence-corrected chi connectivity index (χ0v) is 34.9. The SMILES string of the molecule is CCCCCCc1ccc(-c2cc(-c3ccc(Nc4ccccc4)cc3)cc(-c3ccc(CCCCCC)cc3CCCCCC)n2)c(CCCCCC)c1. The summed E-state index contributed by atoms with van der Waals surface area (Å²) in [6.45, 7) is 9.21. The van der Waals surface area contributed by atoms with Crippen LogP contribution in [-0.4, -0.2) is 4.98 Å². The van der Waals surface area contributed by atoms with Gasteiger partial charge in [-0.15, -0.1) is 0 Å². The third-order valence-electron chi connectivity index (χ3n) is 11.2. The van der Waals surface area contributed by atoms with Crippen LogP contribution in [0.3, 0.4) is 0 Å². The van der Waals surface area contributed by atoms with Gasteiger partial charge in [0.25, 0.3) is 0 Å². The molecule has 1 heterocycles. The van der Waals surface area contributed by atoms with E-state index in [1.807, 2.05) is 0 Å². The summed E-state index contributed by atoms with van der Waals surface area (Å²) in [7, 11) is 0. The molecule has 0 aliphatic rings. The maximum absolute atomic E-state index is 5.60. The molecule has 2 nitrogen and oxygen atoms in total. The molecule has 5 aromatic rings. The van der Waals surface area contributed by atoms with Crippen LogP contribution in [0.5, 0.6) is 0 Å². The van der Waals surface area contributed by atoms with Gasteiger partial charge in [-0.25, -0.2) is 4.98 Å². The number of benzene rings is 4. The van der Waals surface area contributed by atoms with Gasteiger partial charge in [0.2, 0.25) is 0 Å². The summed E-state index contributed by atoms with van der Waals surface area (Å²) in [6, 6.07) is 38.7. The third kappa shape index (κ3) is 13.5. The fraction of sp³-hybridized carbons (Fsp3) is 0.453. The predicted octanol–water partition coefficient (Wildman–Crippen LogP) is 16.3. The Balaban J connectivity index is 1.57. The van der Waals surface area contributed by atoms with Gasteiger partial charge < -0.3 is 5.32 Å². The van der Waals surface area contributed by atoms with E-state index in [0.29, 0.717) is 0 Å². The highest BCUT2D eigenvalue weighted by Gasteiger charge is 2.16. The first-order valence-electron chi connectivity index (χ1n) is 22.3. The number of nitrogens with one attached hydrogen (secondary N) is 1. The van der Waals surface area contributed by atoms with Gasteiger partial charge in [0.05, 0.1) is 11.4 Å². The molecule has 0 fully saturated rings. The fourth-order valence-corrected chi connectivity index (χ4v) is 7.92. The molecule has 2 heteroatoms. The van der Waals surface area contributed by atoms with E-state index in [9.17, 15) is 0 Å². The van der Waals surface area contributed by atoms with Gasteiger partial charge in [-0.2, -0.15) is 0 Å². The quantitative estimate of drug-likeness (QED) is 0.0604. The van der Waals surface area contributed by atoms with Crippen LogP contribution in [0.4, 0.5) is 11.4 Å². The van der Waals surface area contributed by atoms with Crippen LogP contribution in [0.25, 0.3) is 33.6 Å². The van der Waals surface area contributed by atoms with Gasteiger partial charge in [0, 0.05) is 22.5 Å². The molecule has 0 atom stereocenters. The lowest BCUT2D eigenvalue weighted by Gasteiger charge is -2.17. The highest BCUT2D eigenvalue weighted by molar-refractivity contribution is 5.79. The number of rotatable bonds is 25. The molecule has 0 bridgehead atoms. The molecule has 55 heavy (non-hydrogen) atoms. The van der Waals surface area contributed by atoms with Crippen molar-refractivity contribution in [3.8, 4) is 33.6 Å². The number of aromatic nitrogens is 1. The molecule has 0 unspecified atom stereocenters. The molecule has 4 aromatic carbocycles. The van der Waals surface area contributed by atoms with Crippen molar-refractivity contribution in [2.24, 2.45) is 0 Å². The average molecular weight is 735 g/mol. The number of pyridine rings is 1. The van der Waals surface area contributed by atoms with Gasteiger partial charge in [-0.1, -0.05) is 171 Å². The van der Waals surface area contributed by atoms with Gasteiger partial charge in [0.1, 0.15) is 0 Å². The molecular weight excluding hydrogens is 665 g/mol. The Bertz CT molecular complexity index is 1730. The van der Waals surface area contributed by atoms with Crippen molar-refractivity contribution in [2.75, 3.05) is 5.32 Å². The molecule has 0 spiro atoms. The van der Waals surface area contributed by atoms with Gasteiger partial charge in [-0.05, 0) is 121 Å². The van der Waals surface area contributed by atoms with Crippen LogP contribution in [0.15, 0.2) is 103 Å². The second-order valence-corrected chi connectivity index (χ2v) is 15.9. The molecule has 0 aliphatic carbocycles. The smallest absolute Gasteiger partial charge is 0.0718 e. The second kappa shape index (κ2) is 23.7. The summed E-state index contributed by atoms with van der Waals surface area (Å²) in [5.41, 5.74) is 15.3. The minimum atomic E-state index is 1.09. The minimum Gasteiger partial charge on any atom is -0.356 e. The minimum absolute atomic E-state index is 1.09. The summed E-state index contributed by atoms with van der Waals surface area (Å²) in [5, 5.41) is 3.57. The van der Waals surface area contributed by atoms with Crippen molar-refractivity contribution in [1.82, 2.24) is 4.98 Å². The topological polar surface area (TPSA) is 24.9 Å². The molecule has 1 aromatic heterocycles. The lowest BCUT2D eigenvalue weighted by atomic mass is 9.91. The number of anilines is 2. The monoisotopic (exact) mass is 735 g/mol. The molecule has 1 N–H and O–H groups in total. The Labute approximate surface area is 335 Å². The van der Waals surface area contributed by atoms with Gasteiger partial charge >= 0.3 is 0 Å². The Hall–Kier alpha value is -4.17. The Kier molecular flexibility index (Phi) is 18.1. The molecule has 0 amide bonds. The first-order chi connectivity index (χ1) is 27.1. The van der Waals surface area contributed by atoms with Crippen molar-refractivity contribution in [2.45, 2.75) is 156 Å². The maximum atomic E-state index is 5.60. The Morgan fingerprint density at radius 2 is 0.818 bits per heavy atom. The van der Waals surface area contributed by atoms with Crippen LogP contribution in [0.2, 0.25) is 0 Å². The van der Waals surface area contributed by atoms with Crippen LogP contribution in [-0.2, 0) is 25.7 Å². The summed E-state index contributed by atoms with van der Waals surface area (Å²) in [4.78, 5) is 5.60. The molecule has 292 valence electrons. The third-order valence-corrected chi connectivity index (χ3v) is 11.2. The number of hydrogen-bond donors (Lipinski definition) is 1. The second-order valence-electron chi connectivity index (χ2n) is 15.9. The number of aryl methyl sites for hydroxylation is 4. The first kappa shape index (κ1) is 42.0. The fourth-order valence-electron chi connectivity index (χ4n) is 7.92. The largest absolute Gasteiger partial charge is 0.356 e. The van der Waals surface area contributed by atoms with E-state index in [1.54, 1.807) is 0 Å². The number of hydrogen-bond acceptors (Lipinski definition) is 2. The summed E-state index contributed by atoms with van der Waals surface area (Å²) in [5.74, 6) is 0. The number of unbranched alkanes of at least 4 members (excludes halogenated alkanes) is 12. The van der Waals surface area contributed by atoms with Crippen LogP contribution in [0.1, 0.15) is 153 Å². The van der Waals surface area contributed by atoms with Crippen molar-refractivity contribution in [3.05, 3.63) is 125 Å². The highest BCUT2D eigenvalue weighted by Crippen LogP contribution is 2.35. The van der Waals surface area contributed by atoms with Crippen LogP contribution in [0, 0.1) is 0 Å². The zero-order valence-electron chi connectivity index (χ0n) is 34.9. The van der Waals surface area contributed by atoms with Crippen molar-refractivity contribution < 1.29 is 0 Å². The van der Waals surface area contributed by atoms with Crippen molar-refractivity contribution >= 4 is 11.4 Å². The van der Waals surface area contributed by atoms with E-state index >= 15 is 0 Å². The number of para-hydroxylation sites is 1. The van der Waals surface area contributed by atoms with E-state index in [4.69, 9.17) is 4.98 Å². The van der Waals surface area contributed by atoms with Gasteiger partial charge in [-0.3, -0.25) is 0 Å². The van der Waals surface area contributed by atoms with E-state index in [-0.39, 0.29) is 0 Å². The summed E-state index contributed by atoms with van der Waals surface area (Å²) in [6.07, 6.45) is 25.0. The molecular formula is C53H70N2. The normalized spacial score (nSPS) is 11.3. The molecule has 0 radical (unpaired) electrons. The molecule has 0 aliphatic heterocycles. The maximum Gasteiger partial charge on any atom is 0.0718 e. The summed E-state index contributed by atoms with van der Waals surface area (Å²) >= 11 is 0. The van der Waals surface area contributed by atoms with Crippen molar-refractivity contribution in [3.63, 3.8) is 0 Å². The van der Waals surface area contributed by atoms with E-state index in [0.717, 1.165) is 48.4 Å². The molecule has 5 rings (SSSR count). The zero-order chi connectivity index (χ0) is 38.5. The average Bonchev–Trinajstić information content (AvgIpc) is 3.22. The van der Waals surface area contributed by atoms with Crippen LogP contribution >= 0.6 is 0 Å². The van der Waals surface area contributed by atoms with Crippen molar-refractivity contribution in [1.29, 1.82) is 0 Å². The lowest BCUT2D eigenvalue weighted by Crippen LogP contribution is -2.00. The van der Waals surface area contributed by atoms with Gasteiger partial charge in [0.15, 0.2) is 0 Å². The van der Waals surface area contributed by atoms with Crippen LogP contribution < -0.4 is 5.32 Å². The standard InChI is InChI=1S/C53H70N2/c1-5-9-13-18-24-42-30-36-50(45(38-42)26-20-15-11-7-3)52-40-47(44-32-34-49(35-33-44)54-48-28-22-17-23-29-48)41-53(55-52)51-37-31-43(25-19-14-10-6-2)39-46(51)27-21-16-12-8-4/h17,22-23,28-41,54H,5-16,18-21,24-27H2,1-4H3. The van der Waals surface area contributed by atoms with E-state index in [2.05, 4.69) is 136 Å². The Morgan fingerprint density at radius 1 is 0.382 bits per heavy atom. The first-order valence-corrected chi connectivity index (χ1v) is 22.3. The predicted molar refractivity (Wildman–Crippen MR) is 242 cm³/mol. The van der Waals surface area contributed by atoms with E-state index in [1.165, 1.54) is 147 Å². The molecule has 0 saturated carbocycles.